The van der Waals surface area contributed by atoms with Crippen molar-refractivity contribution in [3.05, 3.63) is 47.6 Å². The number of amidine groups is 1. The molecule has 34 heavy (non-hydrogen) atoms. The van der Waals surface area contributed by atoms with Crippen molar-refractivity contribution in [1.82, 2.24) is 15.5 Å². The normalized spacial score (nSPS) is 26.6. The fraction of sp³-hybridized carbons (Fsp3) is 0.538. The molecule has 0 saturated carbocycles. The van der Waals surface area contributed by atoms with Crippen molar-refractivity contribution in [2.75, 3.05) is 33.8 Å². The number of carbonyl (C=O) groups is 3. The first kappa shape index (κ1) is 27.4. The van der Waals surface area contributed by atoms with Crippen LogP contribution in [0.5, 0.6) is 0 Å². The number of hydrogen-bond donors (Lipinski definition) is 2. The summed E-state index contributed by atoms with van der Waals surface area (Å²) in [5, 5.41) is 5.94. The smallest absolute Gasteiger partial charge is 0.253 e. The highest BCUT2D eigenvalue weighted by molar-refractivity contribution is 6.44. The van der Waals surface area contributed by atoms with Crippen LogP contribution in [0.1, 0.15) is 40.5 Å². The summed E-state index contributed by atoms with van der Waals surface area (Å²) in [6.45, 7) is 12.3. The summed E-state index contributed by atoms with van der Waals surface area (Å²) in [5.74, 6) is -1.49. The monoisotopic (exact) mass is 470 g/mol. The molecular weight excluding hydrogens is 432 g/mol. The minimum atomic E-state index is -1.41. The number of ether oxygens (including phenoxy) is 1. The molecule has 2 rings (SSSR count). The Hall–Kier alpha value is -2.84. The van der Waals surface area contributed by atoms with Crippen LogP contribution in [0.25, 0.3) is 0 Å². The van der Waals surface area contributed by atoms with E-state index in [0.717, 1.165) is 17.6 Å². The van der Waals surface area contributed by atoms with Crippen molar-refractivity contribution in [3.63, 3.8) is 0 Å². The Kier molecular flexibility index (Phi) is 9.70. The van der Waals surface area contributed by atoms with Gasteiger partial charge in [-0.2, -0.15) is 0 Å². The Morgan fingerprint density at radius 3 is 2.65 bits per heavy atom. The zero-order valence-electron chi connectivity index (χ0n) is 21.2. The second-order valence-corrected chi connectivity index (χ2v) is 9.01. The lowest BCUT2D eigenvalue weighted by Gasteiger charge is -2.32. The Balaban J connectivity index is 2.24. The fourth-order valence-corrected chi connectivity index (χ4v) is 4.26. The third-order valence-corrected chi connectivity index (χ3v) is 6.35. The summed E-state index contributed by atoms with van der Waals surface area (Å²) in [7, 11) is 3.44. The number of rotatable bonds is 8. The lowest BCUT2D eigenvalue weighted by Crippen LogP contribution is -2.48. The van der Waals surface area contributed by atoms with Crippen molar-refractivity contribution in [2.24, 2.45) is 4.99 Å². The van der Waals surface area contributed by atoms with Gasteiger partial charge in [-0.05, 0) is 64.3 Å². The van der Waals surface area contributed by atoms with Crippen LogP contribution in [0.4, 0.5) is 0 Å². The van der Waals surface area contributed by atoms with Crippen LogP contribution in [0.3, 0.4) is 0 Å². The van der Waals surface area contributed by atoms with Crippen molar-refractivity contribution in [3.8, 4) is 0 Å². The van der Waals surface area contributed by atoms with Gasteiger partial charge in [0.15, 0.2) is 6.04 Å². The molecule has 1 amide bonds. The van der Waals surface area contributed by atoms with Gasteiger partial charge in [-0.3, -0.25) is 14.4 Å². The summed E-state index contributed by atoms with van der Waals surface area (Å²) in [5.41, 5.74) is 2.25. The molecule has 0 aromatic heterocycles. The molecule has 186 valence electrons. The Morgan fingerprint density at radius 1 is 1.35 bits per heavy atom. The number of ketones is 2. The number of nitrogens with one attached hydrogen (secondary N) is 2. The van der Waals surface area contributed by atoms with Gasteiger partial charge in [-0.25, -0.2) is 4.99 Å². The molecule has 2 aliphatic rings. The van der Waals surface area contributed by atoms with Crippen molar-refractivity contribution in [2.45, 2.75) is 58.2 Å². The molecule has 8 nitrogen and oxygen atoms in total. The minimum Gasteiger partial charge on any atom is -0.377 e. The quantitative estimate of drug-likeness (QED) is 0.320. The van der Waals surface area contributed by atoms with E-state index in [4.69, 9.17) is 4.74 Å². The number of hydrogen-bond acceptors (Lipinski definition) is 7. The number of Topliss-reactive ketones (excluding diaryl/α,β-unsaturated/α-hetero) is 2. The molecule has 2 N–H and O–H groups in total. The highest BCUT2D eigenvalue weighted by Crippen LogP contribution is 2.26. The number of allylic oxidation sites excluding steroid dienone is 5. The maximum Gasteiger partial charge on any atom is 0.253 e. The first-order valence-electron chi connectivity index (χ1n) is 11.6. The highest BCUT2D eigenvalue weighted by atomic mass is 16.5. The maximum atomic E-state index is 13.0. The van der Waals surface area contributed by atoms with Crippen LogP contribution in [0.15, 0.2) is 52.6 Å². The van der Waals surface area contributed by atoms with E-state index in [1.165, 1.54) is 0 Å². The van der Waals surface area contributed by atoms with Gasteiger partial charge in [0.2, 0.25) is 11.6 Å². The maximum absolute atomic E-state index is 13.0. The Labute approximate surface area is 202 Å². The van der Waals surface area contributed by atoms with Crippen LogP contribution in [0.2, 0.25) is 0 Å². The largest absolute Gasteiger partial charge is 0.377 e. The van der Waals surface area contributed by atoms with Crippen molar-refractivity contribution in [1.29, 1.82) is 0 Å². The van der Waals surface area contributed by atoms with E-state index < -0.39 is 29.1 Å². The van der Waals surface area contributed by atoms with Crippen LogP contribution in [-0.4, -0.2) is 79.7 Å². The topological polar surface area (TPSA) is 100 Å². The lowest BCUT2D eigenvalue weighted by molar-refractivity contribution is -0.140. The van der Waals surface area contributed by atoms with Gasteiger partial charge in [0.05, 0.1) is 18.2 Å². The molecule has 3 unspecified atom stereocenters. The molecule has 0 spiro atoms. The van der Waals surface area contributed by atoms with E-state index in [2.05, 4.69) is 22.2 Å². The van der Waals surface area contributed by atoms with E-state index in [0.29, 0.717) is 24.4 Å². The molecule has 3 atom stereocenters. The molecule has 8 heteroatoms. The highest BCUT2D eigenvalue weighted by Gasteiger charge is 2.42. The number of methoxy groups -OCH3 is 1. The summed E-state index contributed by atoms with van der Waals surface area (Å²) >= 11 is 0. The van der Waals surface area contributed by atoms with E-state index in [-0.39, 0.29) is 19.1 Å². The Morgan fingerprint density at radius 2 is 2.06 bits per heavy atom. The SMILES string of the molecule is C=C(/C=C(/C)C(C=CC)=CC)CNC(=O)C1N=C2C(NC)CCC(C)(OC)CN2CC(=O)C1=O. The van der Waals surface area contributed by atoms with E-state index in [1.807, 2.05) is 52.0 Å². The number of amides is 1. The molecule has 0 aromatic carbocycles. The van der Waals surface area contributed by atoms with E-state index in [1.54, 1.807) is 19.1 Å². The number of aliphatic imine (C=N–C) groups is 1. The summed E-state index contributed by atoms with van der Waals surface area (Å²) in [6.07, 6.45) is 9.28. The fourth-order valence-electron chi connectivity index (χ4n) is 4.26. The third kappa shape index (κ3) is 6.61. The van der Waals surface area contributed by atoms with Gasteiger partial charge >= 0.3 is 0 Å². The zero-order valence-corrected chi connectivity index (χ0v) is 21.2. The first-order valence-corrected chi connectivity index (χ1v) is 11.6. The molecule has 1 fully saturated rings. The van der Waals surface area contributed by atoms with Gasteiger partial charge in [0.25, 0.3) is 5.91 Å². The number of nitrogens with zero attached hydrogens (tertiary/aromatic N) is 2. The average Bonchev–Trinajstić information content (AvgIpc) is 3.01. The minimum absolute atomic E-state index is 0.121. The zero-order chi connectivity index (χ0) is 25.5. The lowest BCUT2D eigenvalue weighted by atomic mass is 9.98. The van der Waals surface area contributed by atoms with Gasteiger partial charge in [-0.1, -0.05) is 30.9 Å². The molecule has 0 aromatic rings. The molecule has 2 aliphatic heterocycles. The summed E-state index contributed by atoms with van der Waals surface area (Å²) in [6, 6.07) is -1.61. The predicted molar refractivity (Wildman–Crippen MR) is 135 cm³/mol. The molecule has 2 heterocycles. The van der Waals surface area contributed by atoms with Gasteiger partial charge < -0.3 is 20.3 Å². The van der Waals surface area contributed by atoms with Crippen molar-refractivity contribution >= 4 is 23.3 Å². The van der Waals surface area contributed by atoms with Crippen LogP contribution >= 0.6 is 0 Å². The number of likely N-dealkylation sites (N-methyl/N-ethyl adjacent to an activating group) is 1. The van der Waals surface area contributed by atoms with Gasteiger partial charge in [-0.15, -0.1) is 0 Å². The molecule has 0 aliphatic carbocycles. The summed E-state index contributed by atoms with van der Waals surface area (Å²) < 4.78 is 5.69. The third-order valence-electron chi connectivity index (χ3n) is 6.35. The second kappa shape index (κ2) is 12.0. The standard InChI is InChI=1S/C26H38N4O4/c1-8-10-19(9-2)18(4)13-17(3)14-28-25(33)22-23(32)21(31)15-30-16-26(5,34-7)12-11-20(27-6)24(30)29-22/h8-10,13,20,22,27H,3,11-12,14-16H2,1-2,4-7H3,(H,28,33)/b10-8?,18-13-,19-9?. The number of fused-ring (bicyclic) bond motifs is 1. The molecule has 0 radical (unpaired) electrons. The molecule has 0 bridgehead atoms. The molecule has 1 saturated heterocycles. The second-order valence-electron chi connectivity index (χ2n) is 9.01. The van der Waals surface area contributed by atoms with Crippen LogP contribution in [-0.2, 0) is 19.1 Å². The first-order chi connectivity index (χ1) is 16.1. The predicted octanol–water partition coefficient (Wildman–Crippen LogP) is 2.14. The Bertz CT molecular complexity index is 946. The van der Waals surface area contributed by atoms with Crippen LogP contribution < -0.4 is 10.6 Å². The number of carbonyl (C=O) groups excluding carboxylic acids is 3. The average molecular weight is 471 g/mol. The molecular formula is C26H38N4O4. The van der Waals surface area contributed by atoms with E-state index >= 15 is 0 Å². The van der Waals surface area contributed by atoms with Crippen molar-refractivity contribution < 1.29 is 19.1 Å². The van der Waals surface area contributed by atoms with Crippen LogP contribution in [0, 0.1) is 0 Å². The van der Waals surface area contributed by atoms with Gasteiger partial charge in [0, 0.05) is 20.2 Å². The summed E-state index contributed by atoms with van der Waals surface area (Å²) in [4.78, 5) is 44.8. The van der Waals surface area contributed by atoms with E-state index in [9.17, 15) is 14.4 Å². The van der Waals surface area contributed by atoms with Gasteiger partial charge in [0.1, 0.15) is 5.84 Å².